The van der Waals surface area contributed by atoms with E-state index < -0.39 is 5.97 Å². The van der Waals surface area contributed by atoms with Crippen molar-refractivity contribution in [2.45, 2.75) is 73.1 Å². The lowest BCUT2D eigenvalue weighted by Gasteiger charge is -2.08. The highest BCUT2D eigenvalue weighted by Crippen LogP contribution is 2.31. The van der Waals surface area contributed by atoms with Crippen LogP contribution in [0.5, 0.6) is 0 Å². The highest BCUT2D eigenvalue weighted by atomic mass is 16.4. The first-order chi connectivity index (χ1) is 34.8. The normalized spacial score (nSPS) is 10.0. The van der Waals surface area contributed by atoms with Crippen molar-refractivity contribution in [3.63, 3.8) is 0 Å². The Balaban J connectivity index is 0.000000261. The Kier molecular flexibility index (Phi) is 23.8. The Bertz CT molecular complexity index is 3110. The number of para-hydroxylation sites is 3. The Morgan fingerprint density at radius 1 is 0.444 bits per heavy atom. The van der Waals surface area contributed by atoms with Crippen LogP contribution in [0.2, 0.25) is 0 Å². The number of carboxylic acids is 1. The molecule has 0 aliphatic heterocycles. The van der Waals surface area contributed by atoms with Gasteiger partial charge in [0.2, 0.25) is 17.7 Å². The van der Waals surface area contributed by atoms with Gasteiger partial charge in [-0.2, -0.15) is 0 Å². The number of carbonyl (C=O) groups is 4. The first-order valence-electron chi connectivity index (χ1n) is 23.9. The average molecular weight is 975 g/mol. The molecule has 13 N–H and O–H groups in total. The molecule has 72 heavy (non-hydrogen) atoms. The fraction of sp³-hybridized carbons (Fsp3) is 0.246. The molecule has 0 fully saturated rings. The number of hydrogen-bond acceptors (Lipinski definition) is 11. The van der Waals surface area contributed by atoms with Crippen molar-refractivity contribution < 1.29 is 24.3 Å². The van der Waals surface area contributed by atoms with Crippen LogP contribution in [0.15, 0.2) is 127 Å². The van der Waals surface area contributed by atoms with Gasteiger partial charge >= 0.3 is 5.97 Å². The molecule has 15 nitrogen and oxygen atoms in total. The summed E-state index contributed by atoms with van der Waals surface area (Å²) in [6.45, 7) is 9.31. The molecular weight excluding hydrogens is 905 g/mol. The molecule has 0 saturated carbocycles. The second kappa shape index (κ2) is 29.6. The van der Waals surface area contributed by atoms with Gasteiger partial charge in [0.1, 0.15) is 0 Å². The lowest BCUT2D eigenvalue weighted by Crippen LogP contribution is -2.17. The van der Waals surface area contributed by atoms with Crippen LogP contribution < -0.4 is 39.3 Å². The maximum absolute atomic E-state index is 11.3. The summed E-state index contributed by atoms with van der Waals surface area (Å²) >= 11 is 0. The van der Waals surface area contributed by atoms with Gasteiger partial charge in [0.15, 0.2) is 0 Å². The second-order valence-corrected chi connectivity index (χ2v) is 15.5. The molecule has 378 valence electrons. The first kappa shape index (κ1) is 57.9. The van der Waals surface area contributed by atoms with E-state index in [2.05, 4.69) is 37.1 Å². The third-order valence-corrected chi connectivity index (χ3v) is 10.8. The maximum atomic E-state index is 11.3. The zero-order valence-electron chi connectivity index (χ0n) is 42.7. The number of benzene rings is 6. The van der Waals surface area contributed by atoms with E-state index in [9.17, 15) is 19.2 Å². The summed E-state index contributed by atoms with van der Waals surface area (Å²) in [7, 11) is 4.80. The minimum atomic E-state index is -0.797. The van der Waals surface area contributed by atoms with Gasteiger partial charge in [-0.25, -0.2) is 15.0 Å². The van der Waals surface area contributed by atoms with Gasteiger partial charge in [-0.1, -0.05) is 100 Å². The highest BCUT2D eigenvalue weighted by Gasteiger charge is 2.11. The summed E-state index contributed by atoms with van der Waals surface area (Å²) in [5, 5.41) is 19.6. The van der Waals surface area contributed by atoms with Crippen molar-refractivity contribution in [1.82, 2.24) is 25.6 Å². The van der Waals surface area contributed by atoms with E-state index in [1.54, 1.807) is 14.1 Å². The number of rotatable bonds is 9. The third kappa shape index (κ3) is 16.1. The molecule has 0 unspecified atom stereocenters. The minimum absolute atomic E-state index is 0.0414. The smallest absolute Gasteiger partial charge is 0.303 e. The lowest BCUT2D eigenvalue weighted by molar-refractivity contribution is -0.137. The van der Waals surface area contributed by atoms with Crippen molar-refractivity contribution >= 4 is 106 Å². The van der Waals surface area contributed by atoms with Crippen molar-refractivity contribution in [2.75, 3.05) is 38.3 Å². The van der Waals surface area contributed by atoms with Crippen LogP contribution in [0.25, 0.3) is 65.4 Å². The molecule has 0 saturated heterocycles. The molecule has 0 bridgehead atoms. The zero-order chi connectivity index (χ0) is 53.3. The molecule has 15 heteroatoms. The van der Waals surface area contributed by atoms with Crippen LogP contribution in [-0.4, -0.2) is 64.9 Å². The van der Waals surface area contributed by atoms with Gasteiger partial charge in [0, 0.05) is 72.6 Å². The molecular formula is C57H70N10O5. The van der Waals surface area contributed by atoms with E-state index in [1.165, 1.54) is 14.0 Å². The number of nitrogens with zero attached hydrogens (tertiary/aromatic N) is 3. The standard InChI is InChI=1S/2C17H17N3O.C16H14N2O2.C2H5NO.2C2H6.CH5N/c2*1-19-16(21)9-7-11-6-8-15-13(10-11)17(18)12-4-2-3-5-14(12)20-15;17-16-11-3-1-2-4-13(11)18-14-7-5-10(9-12(14)16)6-8-15(19)20;1-2(3)4;3*1-2/h2*2-6,8,10H,7,9H2,1H3,(H2,18,20)(H,19,21);1-5,7,9H,6,8H2,(H2,17,18)(H,19,20);1H3,(H2,3,4);2*1-2H3;2H2,1H3. The SMILES string of the molecule is CC.CC.CC(N)=O.CN.CNC(=O)CCc1ccc2nc3ccccc3c(N)c2c1.CNC(=O)CCc1ccc2nc3ccccc3c(N)c2c1.Nc1c2ccccc2nc2ccc(CCC(=O)O)cc12. The second-order valence-electron chi connectivity index (χ2n) is 15.5. The van der Waals surface area contributed by atoms with Crippen LogP contribution in [0.3, 0.4) is 0 Å². The average Bonchev–Trinajstić information content (AvgIpc) is 3.41. The van der Waals surface area contributed by atoms with Crippen LogP contribution in [0.1, 0.15) is 70.6 Å². The summed E-state index contributed by atoms with van der Waals surface area (Å²) in [5.74, 6) is -1.05. The molecule has 0 aliphatic rings. The third-order valence-electron chi connectivity index (χ3n) is 10.8. The Hall–Kier alpha value is -8.43. The van der Waals surface area contributed by atoms with E-state index in [0.29, 0.717) is 37.8 Å². The fourth-order valence-corrected chi connectivity index (χ4v) is 7.39. The molecule has 6 aromatic carbocycles. The number of fused-ring (bicyclic) bond motifs is 6. The zero-order valence-corrected chi connectivity index (χ0v) is 42.7. The summed E-state index contributed by atoms with van der Waals surface area (Å²) in [6, 6.07) is 41.2. The summed E-state index contributed by atoms with van der Waals surface area (Å²) in [6.07, 6.45) is 2.96. The van der Waals surface area contributed by atoms with Crippen LogP contribution >= 0.6 is 0 Å². The Labute approximate surface area is 421 Å². The molecule has 0 spiro atoms. The number of amides is 3. The number of aliphatic carboxylic acids is 1. The Morgan fingerprint density at radius 3 is 0.958 bits per heavy atom. The first-order valence-corrected chi connectivity index (χ1v) is 23.9. The number of primary amides is 1. The number of nitrogens with two attached hydrogens (primary N) is 5. The molecule has 3 aromatic heterocycles. The summed E-state index contributed by atoms with van der Waals surface area (Å²) in [5.41, 5.74) is 38.4. The number of aryl methyl sites for hydroxylation is 3. The van der Waals surface area contributed by atoms with Gasteiger partial charge in [-0.05, 0) is 97.6 Å². The van der Waals surface area contributed by atoms with Crippen molar-refractivity contribution in [3.8, 4) is 0 Å². The number of anilines is 3. The van der Waals surface area contributed by atoms with Crippen LogP contribution in [-0.2, 0) is 38.4 Å². The molecule has 3 heterocycles. The predicted molar refractivity (Wildman–Crippen MR) is 299 cm³/mol. The maximum Gasteiger partial charge on any atom is 0.303 e. The summed E-state index contributed by atoms with van der Waals surface area (Å²) < 4.78 is 0. The number of pyridine rings is 3. The number of nitrogens with one attached hydrogen (secondary N) is 2. The summed E-state index contributed by atoms with van der Waals surface area (Å²) in [4.78, 5) is 56.4. The molecule has 3 amide bonds. The fourth-order valence-electron chi connectivity index (χ4n) is 7.39. The van der Waals surface area contributed by atoms with E-state index in [1.807, 2.05) is 155 Å². The van der Waals surface area contributed by atoms with E-state index in [-0.39, 0.29) is 24.1 Å². The van der Waals surface area contributed by atoms with E-state index >= 15 is 0 Å². The van der Waals surface area contributed by atoms with Gasteiger partial charge in [0.25, 0.3) is 0 Å². The lowest BCUT2D eigenvalue weighted by atomic mass is 10.0. The quantitative estimate of drug-likeness (QED) is 0.0628. The van der Waals surface area contributed by atoms with E-state index in [4.69, 9.17) is 22.3 Å². The molecule has 0 atom stereocenters. The number of carbonyl (C=O) groups excluding carboxylic acids is 3. The van der Waals surface area contributed by atoms with Gasteiger partial charge < -0.3 is 44.4 Å². The van der Waals surface area contributed by atoms with Crippen molar-refractivity contribution in [1.29, 1.82) is 0 Å². The predicted octanol–water partition coefficient (Wildman–Crippen LogP) is 9.40. The molecule has 9 aromatic rings. The van der Waals surface area contributed by atoms with Crippen molar-refractivity contribution in [3.05, 3.63) is 144 Å². The van der Waals surface area contributed by atoms with Crippen LogP contribution in [0, 0.1) is 0 Å². The number of nitrogen functional groups attached to an aromatic ring is 3. The monoisotopic (exact) mass is 975 g/mol. The number of carboxylic acid groups (broad SMARTS) is 1. The molecule has 0 aliphatic carbocycles. The highest BCUT2D eigenvalue weighted by molar-refractivity contribution is 6.08. The van der Waals surface area contributed by atoms with Gasteiger partial charge in [-0.3, -0.25) is 19.2 Å². The van der Waals surface area contributed by atoms with Gasteiger partial charge in [-0.15, -0.1) is 0 Å². The van der Waals surface area contributed by atoms with E-state index in [0.717, 1.165) is 93.5 Å². The molecule has 0 radical (unpaired) electrons. The largest absolute Gasteiger partial charge is 0.481 e. The molecule has 9 rings (SSSR count). The van der Waals surface area contributed by atoms with Gasteiger partial charge in [0.05, 0.1) is 50.2 Å². The topological polar surface area (TPSA) is 281 Å². The van der Waals surface area contributed by atoms with Crippen molar-refractivity contribution in [2.24, 2.45) is 11.5 Å². The minimum Gasteiger partial charge on any atom is -0.481 e. The number of hydrogen-bond donors (Lipinski definition) is 8. The van der Waals surface area contributed by atoms with Crippen LogP contribution in [0.4, 0.5) is 17.1 Å². The number of aromatic nitrogens is 3. The Morgan fingerprint density at radius 2 is 0.694 bits per heavy atom.